The lowest BCUT2D eigenvalue weighted by Gasteiger charge is -2.06. The molecule has 1 amide bonds. The van der Waals surface area contributed by atoms with Crippen LogP contribution in [0.1, 0.15) is 29.9 Å². The van der Waals surface area contributed by atoms with Crippen molar-refractivity contribution in [2.75, 3.05) is 0 Å². The van der Waals surface area contributed by atoms with E-state index < -0.39 is 0 Å². The third-order valence-corrected chi connectivity index (χ3v) is 3.81. The summed E-state index contributed by atoms with van der Waals surface area (Å²) in [6, 6.07) is 5.56. The van der Waals surface area contributed by atoms with Gasteiger partial charge in [0.25, 0.3) is 0 Å². The van der Waals surface area contributed by atoms with Gasteiger partial charge in [-0.15, -0.1) is 0 Å². The minimum Gasteiger partial charge on any atom is -0.352 e. The van der Waals surface area contributed by atoms with Gasteiger partial charge in [-0.3, -0.25) is 14.8 Å². The Morgan fingerprint density at radius 2 is 1.96 bits per heavy atom. The van der Waals surface area contributed by atoms with Crippen LogP contribution in [0.5, 0.6) is 0 Å². The van der Waals surface area contributed by atoms with Gasteiger partial charge in [0.05, 0.1) is 0 Å². The summed E-state index contributed by atoms with van der Waals surface area (Å²) in [4.78, 5) is 24.3. The zero-order chi connectivity index (χ0) is 17.5. The van der Waals surface area contributed by atoms with E-state index in [9.17, 15) is 4.79 Å². The maximum atomic E-state index is 11.9. The number of carbonyl (C=O) groups is 1. The first-order valence-corrected chi connectivity index (χ1v) is 8.11. The number of rotatable bonds is 7. The highest BCUT2D eigenvalue weighted by Crippen LogP contribution is 2.15. The zero-order valence-corrected chi connectivity index (χ0v) is 14.0. The van der Waals surface area contributed by atoms with E-state index in [1.807, 2.05) is 25.1 Å². The lowest BCUT2D eigenvalue weighted by Crippen LogP contribution is -2.23. The van der Waals surface area contributed by atoms with Crippen LogP contribution in [-0.2, 0) is 17.8 Å². The van der Waals surface area contributed by atoms with Gasteiger partial charge in [0.2, 0.25) is 17.6 Å². The number of carbonyl (C=O) groups excluding carboxylic acids is 1. The van der Waals surface area contributed by atoms with Crippen molar-refractivity contribution in [2.45, 2.75) is 32.7 Å². The number of hydrogen-bond acceptors (Lipinski definition) is 6. The highest BCUT2D eigenvalue weighted by molar-refractivity contribution is 5.75. The van der Waals surface area contributed by atoms with Gasteiger partial charge < -0.3 is 9.84 Å². The van der Waals surface area contributed by atoms with Crippen molar-refractivity contribution in [2.24, 2.45) is 0 Å². The molecule has 0 fully saturated rings. The van der Waals surface area contributed by atoms with Crippen molar-refractivity contribution >= 4 is 5.91 Å². The minimum absolute atomic E-state index is 0.00471. The van der Waals surface area contributed by atoms with E-state index in [4.69, 9.17) is 4.52 Å². The van der Waals surface area contributed by atoms with E-state index in [-0.39, 0.29) is 5.91 Å². The number of pyridine rings is 2. The molecule has 0 unspecified atom stereocenters. The monoisotopic (exact) mass is 337 g/mol. The van der Waals surface area contributed by atoms with Gasteiger partial charge in [-0.1, -0.05) is 5.16 Å². The Balaban J connectivity index is 1.43. The predicted molar refractivity (Wildman–Crippen MR) is 91.3 cm³/mol. The summed E-state index contributed by atoms with van der Waals surface area (Å²) in [5, 5.41) is 6.87. The summed E-state index contributed by atoms with van der Waals surface area (Å²) in [6.45, 7) is 2.49. The van der Waals surface area contributed by atoms with Crippen LogP contribution in [0.4, 0.5) is 0 Å². The van der Waals surface area contributed by atoms with Crippen LogP contribution >= 0.6 is 0 Å². The van der Waals surface area contributed by atoms with E-state index in [1.54, 1.807) is 24.8 Å². The number of amides is 1. The van der Waals surface area contributed by atoms with Gasteiger partial charge in [0.1, 0.15) is 0 Å². The van der Waals surface area contributed by atoms with Gasteiger partial charge in [0, 0.05) is 49.7 Å². The standard InChI is InChI=1S/C18H19N5O2/c1-13-11-20-10-7-15(13)12-21-16(24)3-2-4-17-22-18(23-25-17)14-5-8-19-9-6-14/h5-11H,2-4,12H2,1H3,(H,21,24). The molecule has 0 spiro atoms. The molecular weight excluding hydrogens is 318 g/mol. The van der Waals surface area contributed by atoms with Gasteiger partial charge in [0.15, 0.2) is 0 Å². The Hall–Kier alpha value is -3.09. The molecule has 7 heteroatoms. The second kappa shape index (κ2) is 8.14. The lowest BCUT2D eigenvalue weighted by molar-refractivity contribution is -0.121. The second-order valence-electron chi connectivity index (χ2n) is 5.68. The first kappa shape index (κ1) is 16.8. The van der Waals surface area contributed by atoms with E-state index in [0.717, 1.165) is 16.7 Å². The molecule has 0 bridgehead atoms. The summed E-state index contributed by atoms with van der Waals surface area (Å²) < 4.78 is 5.23. The van der Waals surface area contributed by atoms with Crippen LogP contribution in [0.25, 0.3) is 11.4 Å². The van der Waals surface area contributed by atoms with Crippen molar-refractivity contribution in [3.8, 4) is 11.4 Å². The van der Waals surface area contributed by atoms with Crippen LogP contribution < -0.4 is 5.32 Å². The van der Waals surface area contributed by atoms with E-state index in [1.165, 1.54) is 0 Å². The van der Waals surface area contributed by atoms with E-state index in [2.05, 4.69) is 25.4 Å². The molecule has 3 aromatic rings. The highest BCUT2D eigenvalue weighted by atomic mass is 16.5. The topological polar surface area (TPSA) is 93.8 Å². The Kier molecular flexibility index (Phi) is 5.46. The van der Waals surface area contributed by atoms with Gasteiger partial charge in [-0.2, -0.15) is 4.98 Å². The predicted octanol–water partition coefficient (Wildman–Crippen LogP) is 2.47. The molecule has 0 aromatic carbocycles. The molecule has 3 heterocycles. The molecule has 0 radical (unpaired) electrons. The third kappa shape index (κ3) is 4.69. The summed E-state index contributed by atoms with van der Waals surface area (Å²) >= 11 is 0. The average Bonchev–Trinajstić information content (AvgIpc) is 3.11. The fourth-order valence-corrected chi connectivity index (χ4v) is 2.36. The third-order valence-electron chi connectivity index (χ3n) is 3.81. The van der Waals surface area contributed by atoms with Crippen LogP contribution in [-0.4, -0.2) is 26.0 Å². The molecule has 3 aromatic heterocycles. The SMILES string of the molecule is Cc1cnccc1CNC(=O)CCCc1nc(-c2ccncc2)no1. The highest BCUT2D eigenvalue weighted by Gasteiger charge is 2.09. The molecule has 0 atom stereocenters. The molecule has 25 heavy (non-hydrogen) atoms. The van der Waals surface area contributed by atoms with Gasteiger partial charge in [-0.25, -0.2) is 0 Å². The number of nitrogens with one attached hydrogen (secondary N) is 1. The summed E-state index contributed by atoms with van der Waals surface area (Å²) in [5.41, 5.74) is 3.00. The largest absolute Gasteiger partial charge is 0.352 e. The summed E-state index contributed by atoms with van der Waals surface area (Å²) in [7, 11) is 0. The number of hydrogen-bond donors (Lipinski definition) is 1. The Morgan fingerprint density at radius 1 is 1.16 bits per heavy atom. The molecule has 0 saturated heterocycles. The molecule has 0 saturated carbocycles. The van der Waals surface area contributed by atoms with Crippen molar-refractivity contribution < 1.29 is 9.32 Å². The molecule has 128 valence electrons. The maximum Gasteiger partial charge on any atom is 0.226 e. The fraction of sp³-hybridized carbons (Fsp3) is 0.278. The fourth-order valence-electron chi connectivity index (χ4n) is 2.36. The first-order valence-electron chi connectivity index (χ1n) is 8.11. The number of aromatic nitrogens is 4. The van der Waals surface area contributed by atoms with E-state index in [0.29, 0.717) is 37.5 Å². The van der Waals surface area contributed by atoms with Crippen LogP contribution in [0.15, 0.2) is 47.5 Å². The normalized spacial score (nSPS) is 10.6. The van der Waals surface area contributed by atoms with Crippen molar-refractivity contribution in [1.29, 1.82) is 0 Å². The quantitative estimate of drug-likeness (QED) is 0.712. The Labute approximate surface area is 145 Å². The van der Waals surface area contributed by atoms with Crippen LogP contribution in [0.3, 0.4) is 0 Å². The first-order chi connectivity index (χ1) is 12.2. The Morgan fingerprint density at radius 3 is 2.76 bits per heavy atom. The zero-order valence-electron chi connectivity index (χ0n) is 14.0. The number of nitrogens with zero attached hydrogens (tertiary/aromatic N) is 4. The molecule has 0 aliphatic heterocycles. The maximum absolute atomic E-state index is 11.9. The van der Waals surface area contributed by atoms with Crippen molar-refractivity contribution in [3.63, 3.8) is 0 Å². The van der Waals surface area contributed by atoms with Crippen molar-refractivity contribution in [3.05, 3.63) is 60.0 Å². The molecular formula is C18H19N5O2. The van der Waals surface area contributed by atoms with Crippen LogP contribution in [0, 0.1) is 6.92 Å². The minimum atomic E-state index is 0.00471. The van der Waals surface area contributed by atoms with E-state index >= 15 is 0 Å². The smallest absolute Gasteiger partial charge is 0.226 e. The summed E-state index contributed by atoms with van der Waals surface area (Å²) in [6.07, 6.45) is 8.51. The van der Waals surface area contributed by atoms with Crippen molar-refractivity contribution in [1.82, 2.24) is 25.4 Å². The summed E-state index contributed by atoms with van der Waals surface area (Å²) in [5.74, 6) is 1.07. The second-order valence-corrected chi connectivity index (χ2v) is 5.68. The van der Waals surface area contributed by atoms with Gasteiger partial charge >= 0.3 is 0 Å². The number of aryl methyl sites for hydroxylation is 2. The molecule has 0 aliphatic rings. The lowest BCUT2D eigenvalue weighted by atomic mass is 10.1. The molecule has 7 nitrogen and oxygen atoms in total. The molecule has 0 aliphatic carbocycles. The molecule has 1 N–H and O–H groups in total. The van der Waals surface area contributed by atoms with Gasteiger partial charge in [-0.05, 0) is 42.7 Å². The van der Waals surface area contributed by atoms with Crippen LogP contribution in [0.2, 0.25) is 0 Å². The molecule has 3 rings (SSSR count). The Bertz CT molecular complexity index is 832. The average molecular weight is 337 g/mol.